The van der Waals surface area contributed by atoms with Gasteiger partial charge in [0.25, 0.3) is 0 Å². The van der Waals surface area contributed by atoms with E-state index in [1.165, 1.54) is 26.1 Å². The van der Waals surface area contributed by atoms with Gasteiger partial charge in [-0.3, -0.25) is 0 Å². The smallest absolute Gasteiger partial charge is 0.330 e. The zero-order valence-corrected chi connectivity index (χ0v) is 17.4. The molecule has 29 heavy (non-hydrogen) atoms. The van der Waals surface area contributed by atoms with E-state index in [2.05, 4.69) is 56.0 Å². The minimum atomic E-state index is -0.651. The largest absolute Gasteiger partial charge is 0.494 e. The summed E-state index contributed by atoms with van der Waals surface area (Å²) in [7, 11) is 0. The van der Waals surface area contributed by atoms with Crippen LogP contribution in [-0.4, -0.2) is 30.4 Å². The minimum absolute atomic E-state index is 0.00404. The van der Waals surface area contributed by atoms with Crippen molar-refractivity contribution in [2.45, 2.75) is 32.3 Å². The Morgan fingerprint density at radius 1 is 1.17 bits per heavy atom. The summed E-state index contributed by atoms with van der Waals surface area (Å²) in [6.07, 6.45) is 2.63. The summed E-state index contributed by atoms with van der Waals surface area (Å²) in [5, 5.41) is 11.0. The van der Waals surface area contributed by atoms with Crippen LogP contribution in [0.15, 0.2) is 61.2 Å². The molecular formula is C24H26O4S. The van der Waals surface area contributed by atoms with Crippen LogP contribution < -0.4 is 4.74 Å². The molecule has 3 rings (SSSR count). The topological polar surface area (TPSA) is 55.8 Å². The zero-order chi connectivity index (χ0) is 20.6. The molecule has 1 N–H and O–H groups in total. The van der Waals surface area contributed by atoms with E-state index in [1.807, 2.05) is 6.07 Å². The van der Waals surface area contributed by atoms with E-state index >= 15 is 0 Å². The normalized spacial score (nSPS) is 11.9. The van der Waals surface area contributed by atoms with Crippen LogP contribution in [0.5, 0.6) is 5.75 Å². The van der Waals surface area contributed by atoms with Crippen molar-refractivity contribution in [3.05, 3.63) is 66.7 Å². The fourth-order valence-corrected chi connectivity index (χ4v) is 4.05. The highest BCUT2D eigenvalue weighted by Gasteiger charge is 2.08. The molecule has 0 fully saturated rings. The second kappa shape index (κ2) is 10.2. The molecule has 0 aliphatic rings. The van der Waals surface area contributed by atoms with Crippen LogP contribution in [0.4, 0.5) is 0 Å². The first-order valence-corrected chi connectivity index (χ1v) is 10.6. The Bertz CT molecular complexity index is 959. The number of fused-ring (bicyclic) bond motifs is 1. The number of esters is 1. The number of rotatable bonds is 10. The highest BCUT2D eigenvalue weighted by molar-refractivity contribution is 7.22. The fourth-order valence-electron chi connectivity index (χ4n) is 2.95. The zero-order valence-electron chi connectivity index (χ0n) is 16.6. The lowest BCUT2D eigenvalue weighted by Crippen LogP contribution is -2.17. The number of unbranched alkanes of at least 4 members (excludes halogenated alkanes) is 1. The van der Waals surface area contributed by atoms with Crippen LogP contribution >= 0.6 is 11.3 Å². The Kier molecular flexibility index (Phi) is 7.44. The summed E-state index contributed by atoms with van der Waals surface area (Å²) in [6, 6.07) is 17.0. The number of aliphatic hydroxyl groups is 1. The second-order valence-corrected chi connectivity index (χ2v) is 8.09. The van der Waals surface area contributed by atoms with Crippen LogP contribution in [0.25, 0.3) is 20.5 Å². The summed E-state index contributed by atoms with van der Waals surface area (Å²) >= 11 is 1.77. The Hall–Kier alpha value is -2.63. The molecule has 3 aromatic rings. The first kappa shape index (κ1) is 21.1. The summed E-state index contributed by atoms with van der Waals surface area (Å²) in [4.78, 5) is 12.2. The van der Waals surface area contributed by atoms with Gasteiger partial charge in [0.2, 0.25) is 0 Å². The summed E-state index contributed by atoms with van der Waals surface area (Å²) in [6.45, 7) is 6.00. The first-order chi connectivity index (χ1) is 14.0. The average Bonchev–Trinajstić information content (AvgIpc) is 3.15. The van der Waals surface area contributed by atoms with E-state index in [4.69, 9.17) is 9.47 Å². The molecule has 0 spiro atoms. The lowest BCUT2D eigenvalue weighted by molar-refractivity contribution is -0.140. The molecule has 0 saturated heterocycles. The van der Waals surface area contributed by atoms with Crippen molar-refractivity contribution in [2.75, 3.05) is 13.2 Å². The van der Waals surface area contributed by atoms with Crippen molar-refractivity contribution in [2.24, 2.45) is 0 Å². The van der Waals surface area contributed by atoms with Gasteiger partial charge in [-0.25, -0.2) is 4.79 Å². The van der Waals surface area contributed by atoms with Gasteiger partial charge in [-0.2, -0.15) is 0 Å². The predicted molar refractivity (Wildman–Crippen MR) is 119 cm³/mol. The lowest BCUT2D eigenvalue weighted by atomic mass is 10.1. The van der Waals surface area contributed by atoms with Crippen LogP contribution in [0.1, 0.15) is 24.8 Å². The molecule has 1 atom stereocenters. The third-order valence-electron chi connectivity index (χ3n) is 4.61. The molecule has 1 aromatic heterocycles. The number of hydrogen-bond acceptors (Lipinski definition) is 5. The van der Waals surface area contributed by atoms with Crippen molar-refractivity contribution in [1.29, 1.82) is 0 Å². The van der Waals surface area contributed by atoms with E-state index in [-0.39, 0.29) is 6.61 Å². The summed E-state index contributed by atoms with van der Waals surface area (Å²) in [5.41, 5.74) is 2.49. The van der Waals surface area contributed by atoms with Crippen LogP contribution in [-0.2, 0) is 9.53 Å². The Morgan fingerprint density at radius 2 is 1.97 bits per heavy atom. The highest BCUT2D eigenvalue weighted by atomic mass is 32.1. The van der Waals surface area contributed by atoms with Gasteiger partial charge >= 0.3 is 5.97 Å². The van der Waals surface area contributed by atoms with Gasteiger partial charge in [-0.05, 0) is 61.4 Å². The number of aryl methyl sites for hydroxylation is 1. The molecule has 1 unspecified atom stereocenters. The molecule has 0 amide bonds. The summed E-state index contributed by atoms with van der Waals surface area (Å²) in [5.74, 6) is 0.345. The maximum atomic E-state index is 11.0. The SMILES string of the molecule is C=CC(=O)OCC(O)CCCCOc1ccc2cc(-c3ccc(C)cc3)sc2c1. The molecular weight excluding hydrogens is 384 g/mol. The monoisotopic (exact) mass is 410 g/mol. The quantitative estimate of drug-likeness (QED) is 0.272. The van der Waals surface area contributed by atoms with Crippen molar-refractivity contribution >= 4 is 27.4 Å². The number of ether oxygens (including phenoxy) is 2. The van der Waals surface area contributed by atoms with Gasteiger partial charge in [0.05, 0.1) is 12.7 Å². The standard InChI is InChI=1S/C24H26O4S/c1-3-24(26)28-16-20(25)6-4-5-13-27-21-12-11-19-14-22(29-23(19)15-21)18-9-7-17(2)8-10-18/h3,7-12,14-15,20,25H,1,4-6,13,16H2,2H3. The third kappa shape index (κ3) is 6.17. The molecule has 0 aliphatic heterocycles. The molecule has 152 valence electrons. The molecule has 2 aromatic carbocycles. The van der Waals surface area contributed by atoms with Crippen molar-refractivity contribution < 1.29 is 19.4 Å². The van der Waals surface area contributed by atoms with Gasteiger partial charge in [-0.1, -0.05) is 36.4 Å². The predicted octanol–water partition coefficient (Wildman–Crippen LogP) is 5.52. The van der Waals surface area contributed by atoms with E-state index < -0.39 is 12.1 Å². The highest BCUT2D eigenvalue weighted by Crippen LogP contribution is 2.35. The van der Waals surface area contributed by atoms with E-state index in [0.29, 0.717) is 13.0 Å². The number of aliphatic hydroxyl groups excluding tert-OH is 1. The lowest BCUT2D eigenvalue weighted by Gasteiger charge is -2.10. The number of benzene rings is 2. The fraction of sp³-hybridized carbons (Fsp3) is 0.292. The maximum absolute atomic E-state index is 11.0. The van der Waals surface area contributed by atoms with E-state index in [1.54, 1.807) is 11.3 Å². The van der Waals surface area contributed by atoms with E-state index in [9.17, 15) is 9.90 Å². The van der Waals surface area contributed by atoms with Crippen molar-refractivity contribution in [1.82, 2.24) is 0 Å². The van der Waals surface area contributed by atoms with Crippen LogP contribution in [0.2, 0.25) is 0 Å². The Balaban J connectivity index is 1.46. The van der Waals surface area contributed by atoms with Gasteiger partial charge in [0.15, 0.2) is 0 Å². The molecule has 5 heteroatoms. The second-order valence-electron chi connectivity index (χ2n) is 7.01. The Labute approximate surface area is 175 Å². The molecule has 0 bridgehead atoms. The number of hydrogen-bond donors (Lipinski definition) is 1. The Morgan fingerprint density at radius 3 is 2.72 bits per heavy atom. The number of carbonyl (C=O) groups is 1. The van der Waals surface area contributed by atoms with Crippen molar-refractivity contribution in [3.8, 4) is 16.2 Å². The van der Waals surface area contributed by atoms with Gasteiger partial charge in [0, 0.05) is 15.7 Å². The first-order valence-electron chi connectivity index (χ1n) is 9.76. The van der Waals surface area contributed by atoms with Gasteiger partial charge in [-0.15, -0.1) is 11.3 Å². The molecule has 0 radical (unpaired) electrons. The number of carbonyl (C=O) groups excluding carboxylic acids is 1. The number of thiophene rings is 1. The third-order valence-corrected chi connectivity index (χ3v) is 5.76. The molecule has 4 nitrogen and oxygen atoms in total. The van der Waals surface area contributed by atoms with Gasteiger partial charge < -0.3 is 14.6 Å². The summed E-state index contributed by atoms with van der Waals surface area (Å²) < 4.78 is 11.9. The average molecular weight is 411 g/mol. The minimum Gasteiger partial charge on any atom is -0.494 e. The van der Waals surface area contributed by atoms with Crippen LogP contribution in [0, 0.1) is 6.92 Å². The van der Waals surface area contributed by atoms with Crippen molar-refractivity contribution in [3.63, 3.8) is 0 Å². The molecule has 1 heterocycles. The van der Waals surface area contributed by atoms with Crippen LogP contribution in [0.3, 0.4) is 0 Å². The van der Waals surface area contributed by atoms with E-state index in [0.717, 1.165) is 24.7 Å². The van der Waals surface area contributed by atoms with Gasteiger partial charge in [0.1, 0.15) is 12.4 Å². The maximum Gasteiger partial charge on any atom is 0.330 e. The molecule has 0 aliphatic carbocycles. The molecule has 0 saturated carbocycles.